The quantitative estimate of drug-likeness (QED) is 0.817. The third-order valence-corrected chi connectivity index (χ3v) is 4.22. The standard InChI is InChI=1S/C14H16ClNO/c15-11-3-1-9(2-4-11)14(17)10-7-12-5-6-13(8-10)16-12/h1-4,10,12-13,16H,5-8H2. The van der Waals surface area contributed by atoms with E-state index in [4.69, 9.17) is 11.6 Å². The van der Waals surface area contributed by atoms with Gasteiger partial charge in [0, 0.05) is 28.6 Å². The van der Waals surface area contributed by atoms with E-state index >= 15 is 0 Å². The van der Waals surface area contributed by atoms with Crippen molar-refractivity contribution in [3.63, 3.8) is 0 Å². The molecule has 2 fully saturated rings. The van der Waals surface area contributed by atoms with E-state index in [-0.39, 0.29) is 5.92 Å². The van der Waals surface area contributed by atoms with E-state index in [0.29, 0.717) is 22.9 Å². The molecule has 1 aromatic carbocycles. The number of carbonyl (C=O) groups is 1. The number of piperidine rings is 1. The number of carbonyl (C=O) groups excluding carboxylic acids is 1. The zero-order chi connectivity index (χ0) is 11.8. The van der Waals surface area contributed by atoms with Crippen molar-refractivity contribution in [3.8, 4) is 0 Å². The molecule has 0 radical (unpaired) electrons. The summed E-state index contributed by atoms with van der Waals surface area (Å²) in [5, 5.41) is 4.25. The van der Waals surface area contributed by atoms with Crippen LogP contribution in [0.1, 0.15) is 36.0 Å². The number of halogens is 1. The molecule has 0 saturated carbocycles. The summed E-state index contributed by atoms with van der Waals surface area (Å²) < 4.78 is 0. The molecule has 0 amide bonds. The second-order valence-corrected chi connectivity index (χ2v) is 5.61. The average molecular weight is 250 g/mol. The Morgan fingerprint density at radius 2 is 1.71 bits per heavy atom. The van der Waals surface area contributed by atoms with Gasteiger partial charge in [0.05, 0.1) is 0 Å². The number of Topliss-reactive ketones (excluding diaryl/α,β-unsaturated/α-hetero) is 1. The van der Waals surface area contributed by atoms with Crippen LogP contribution in [-0.4, -0.2) is 17.9 Å². The van der Waals surface area contributed by atoms with E-state index in [1.807, 2.05) is 12.1 Å². The molecule has 2 unspecified atom stereocenters. The Hall–Kier alpha value is -0.860. The molecular formula is C14H16ClNO. The summed E-state index contributed by atoms with van der Waals surface area (Å²) in [5.74, 6) is 0.495. The maximum Gasteiger partial charge on any atom is 0.166 e. The Morgan fingerprint density at radius 1 is 1.12 bits per heavy atom. The van der Waals surface area contributed by atoms with E-state index < -0.39 is 0 Å². The molecular weight excluding hydrogens is 234 g/mol. The van der Waals surface area contributed by atoms with Gasteiger partial charge in [0.1, 0.15) is 0 Å². The minimum atomic E-state index is 0.204. The molecule has 2 nitrogen and oxygen atoms in total. The van der Waals surface area contributed by atoms with E-state index in [0.717, 1.165) is 18.4 Å². The van der Waals surface area contributed by atoms with E-state index in [9.17, 15) is 4.79 Å². The van der Waals surface area contributed by atoms with Gasteiger partial charge in [-0.3, -0.25) is 4.79 Å². The number of hydrogen-bond acceptors (Lipinski definition) is 2. The number of hydrogen-bond donors (Lipinski definition) is 1. The lowest BCUT2D eigenvalue weighted by Gasteiger charge is -2.28. The van der Waals surface area contributed by atoms with Gasteiger partial charge < -0.3 is 5.32 Å². The second kappa shape index (κ2) is 4.43. The molecule has 2 aliphatic heterocycles. The Morgan fingerprint density at radius 3 is 2.29 bits per heavy atom. The average Bonchev–Trinajstić information content (AvgIpc) is 2.68. The number of fused-ring (bicyclic) bond motifs is 2. The van der Waals surface area contributed by atoms with Crippen LogP contribution in [0.4, 0.5) is 0 Å². The predicted octanol–water partition coefficient (Wildman–Crippen LogP) is 3.05. The second-order valence-electron chi connectivity index (χ2n) is 5.18. The summed E-state index contributed by atoms with van der Waals surface area (Å²) in [6.45, 7) is 0. The minimum Gasteiger partial charge on any atom is -0.311 e. The van der Waals surface area contributed by atoms with Crippen molar-refractivity contribution < 1.29 is 4.79 Å². The molecule has 90 valence electrons. The molecule has 2 atom stereocenters. The van der Waals surface area contributed by atoms with Gasteiger partial charge in [0.25, 0.3) is 0 Å². The number of benzene rings is 1. The molecule has 1 aromatic rings. The van der Waals surface area contributed by atoms with Crippen LogP contribution in [0.25, 0.3) is 0 Å². The van der Waals surface area contributed by atoms with Gasteiger partial charge >= 0.3 is 0 Å². The van der Waals surface area contributed by atoms with Crippen molar-refractivity contribution in [1.29, 1.82) is 0 Å². The van der Waals surface area contributed by atoms with Crippen LogP contribution >= 0.6 is 11.6 Å². The van der Waals surface area contributed by atoms with Crippen molar-refractivity contribution >= 4 is 17.4 Å². The van der Waals surface area contributed by atoms with Gasteiger partial charge in [-0.05, 0) is 49.9 Å². The van der Waals surface area contributed by atoms with E-state index in [1.165, 1.54) is 12.8 Å². The van der Waals surface area contributed by atoms with E-state index in [2.05, 4.69) is 5.32 Å². The van der Waals surface area contributed by atoms with E-state index in [1.54, 1.807) is 12.1 Å². The SMILES string of the molecule is O=C(c1ccc(Cl)cc1)C1CC2CCC(C1)N2. The summed E-state index contributed by atoms with van der Waals surface area (Å²) in [6, 6.07) is 8.41. The molecule has 0 aliphatic carbocycles. The maximum absolute atomic E-state index is 12.4. The smallest absolute Gasteiger partial charge is 0.166 e. The first-order chi connectivity index (χ1) is 8.22. The highest BCUT2D eigenvalue weighted by molar-refractivity contribution is 6.30. The Labute approximate surface area is 106 Å². The third-order valence-electron chi connectivity index (χ3n) is 3.97. The van der Waals surface area contributed by atoms with Gasteiger partial charge in [-0.25, -0.2) is 0 Å². The molecule has 2 saturated heterocycles. The van der Waals surface area contributed by atoms with Crippen LogP contribution in [0.3, 0.4) is 0 Å². The molecule has 1 N–H and O–H groups in total. The fraction of sp³-hybridized carbons (Fsp3) is 0.500. The summed E-state index contributed by atoms with van der Waals surface area (Å²) in [4.78, 5) is 12.4. The van der Waals surface area contributed by atoms with Gasteiger partial charge in [-0.15, -0.1) is 0 Å². The Balaban J connectivity index is 1.76. The van der Waals surface area contributed by atoms with Crippen molar-refractivity contribution in [3.05, 3.63) is 34.9 Å². The predicted molar refractivity (Wildman–Crippen MR) is 68.5 cm³/mol. The largest absolute Gasteiger partial charge is 0.311 e. The van der Waals surface area contributed by atoms with Crippen LogP contribution in [0.2, 0.25) is 5.02 Å². The summed E-state index contributed by atoms with van der Waals surface area (Å²) in [7, 11) is 0. The number of ketones is 1. The minimum absolute atomic E-state index is 0.204. The van der Waals surface area contributed by atoms with Crippen LogP contribution in [0, 0.1) is 5.92 Å². The summed E-state index contributed by atoms with van der Waals surface area (Å²) in [6.07, 6.45) is 4.46. The van der Waals surface area contributed by atoms with Crippen molar-refractivity contribution in [1.82, 2.24) is 5.32 Å². The van der Waals surface area contributed by atoms with Gasteiger partial charge in [-0.1, -0.05) is 11.6 Å². The molecule has 2 bridgehead atoms. The summed E-state index contributed by atoms with van der Waals surface area (Å²) in [5.41, 5.74) is 0.806. The molecule has 0 aromatic heterocycles. The Kier molecular flexibility index (Phi) is 2.93. The lowest BCUT2D eigenvalue weighted by molar-refractivity contribution is 0.0875. The molecule has 2 heterocycles. The molecule has 0 spiro atoms. The summed E-state index contributed by atoms with van der Waals surface area (Å²) >= 11 is 5.84. The topological polar surface area (TPSA) is 29.1 Å². The zero-order valence-corrected chi connectivity index (χ0v) is 10.4. The lowest BCUT2D eigenvalue weighted by atomic mass is 9.86. The highest BCUT2D eigenvalue weighted by Gasteiger charge is 2.36. The normalized spacial score (nSPS) is 31.5. The first-order valence-electron chi connectivity index (χ1n) is 6.28. The first kappa shape index (κ1) is 11.2. The zero-order valence-electron chi connectivity index (χ0n) is 9.66. The van der Waals surface area contributed by atoms with Crippen molar-refractivity contribution in [2.75, 3.05) is 0 Å². The molecule has 2 aliphatic rings. The van der Waals surface area contributed by atoms with Crippen LogP contribution in [0.5, 0.6) is 0 Å². The molecule has 17 heavy (non-hydrogen) atoms. The third kappa shape index (κ3) is 2.24. The first-order valence-corrected chi connectivity index (χ1v) is 6.66. The highest BCUT2D eigenvalue weighted by Crippen LogP contribution is 2.32. The van der Waals surface area contributed by atoms with Crippen molar-refractivity contribution in [2.45, 2.75) is 37.8 Å². The molecule has 3 heteroatoms. The Bertz CT molecular complexity index is 416. The monoisotopic (exact) mass is 249 g/mol. The fourth-order valence-corrected chi connectivity index (χ4v) is 3.25. The maximum atomic E-state index is 12.4. The van der Waals surface area contributed by atoms with Crippen LogP contribution in [0.15, 0.2) is 24.3 Å². The van der Waals surface area contributed by atoms with Crippen LogP contribution < -0.4 is 5.32 Å². The lowest BCUT2D eigenvalue weighted by Crippen LogP contribution is -2.40. The van der Waals surface area contributed by atoms with Crippen molar-refractivity contribution in [2.24, 2.45) is 5.92 Å². The number of rotatable bonds is 2. The van der Waals surface area contributed by atoms with Gasteiger partial charge in [0.15, 0.2) is 5.78 Å². The van der Waals surface area contributed by atoms with Crippen LogP contribution in [-0.2, 0) is 0 Å². The van der Waals surface area contributed by atoms with Gasteiger partial charge in [-0.2, -0.15) is 0 Å². The fourth-order valence-electron chi connectivity index (χ4n) is 3.12. The van der Waals surface area contributed by atoms with Gasteiger partial charge in [0.2, 0.25) is 0 Å². The highest BCUT2D eigenvalue weighted by atomic mass is 35.5. The number of nitrogens with one attached hydrogen (secondary N) is 1. The molecule has 3 rings (SSSR count).